The van der Waals surface area contributed by atoms with Gasteiger partial charge in [0.2, 0.25) is 0 Å². The van der Waals surface area contributed by atoms with Crippen molar-refractivity contribution in [1.29, 1.82) is 0 Å². The van der Waals surface area contributed by atoms with Crippen molar-refractivity contribution in [3.8, 4) is 11.8 Å². The van der Waals surface area contributed by atoms with Crippen molar-refractivity contribution in [3.63, 3.8) is 0 Å². The first-order valence-corrected chi connectivity index (χ1v) is 13.1. The number of rotatable bonds is 8. The molecule has 1 saturated heterocycles. The zero-order valence-electron chi connectivity index (χ0n) is 19.1. The van der Waals surface area contributed by atoms with E-state index in [9.17, 15) is 18.0 Å². The van der Waals surface area contributed by atoms with Crippen LogP contribution in [0.3, 0.4) is 0 Å². The molecule has 0 saturated carbocycles. The lowest BCUT2D eigenvalue weighted by Gasteiger charge is -2.31. The molecule has 0 atom stereocenters. The van der Waals surface area contributed by atoms with Gasteiger partial charge in [0.05, 0.1) is 12.8 Å². The molecule has 1 aromatic carbocycles. The van der Waals surface area contributed by atoms with Crippen LogP contribution in [0, 0.1) is 0 Å². The largest absolute Gasteiger partial charge is 0.495 e. The number of carbonyl (C=O) groups excluding carboxylic acids is 2. The molecule has 1 aliphatic heterocycles. The summed E-state index contributed by atoms with van der Waals surface area (Å²) in [4.78, 5) is 39.5. The number of nitrogens with two attached hydrogens (primary N) is 1. The lowest BCUT2D eigenvalue weighted by molar-refractivity contribution is 0.0980. The summed E-state index contributed by atoms with van der Waals surface area (Å²) < 4.78 is 34.9. The highest BCUT2D eigenvalue weighted by molar-refractivity contribution is 7.87. The van der Waals surface area contributed by atoms with Crippen molar-refractivity contribution in [2.24, 2.45) is 5.14 Å². The van der Waals surface area contributed by atoms with Gasteiger partial charge in [-0.25, -0.2) is 24.8 Å². The molecule has 1 fully saturated rings. The third kappa shape index (κ3) is 6.44. The lowest BCUT2D eigenvalue weighted by Crippen LogP contribution is -2.38. The molecule has 1 aliphatic rings. The minimum Gasteiger partial charge on any atom is -0.495 e. The number of anilines is 2. The molecule has 4 rings (SSSR count). The van der Waals surface area contributed by atoms with Crippen LogP contribution in [0.15, 0.2) is 42.0 Å². The zero-order valence-corrected chi connectivity index (χ0v) is 20.7. The molecule has 13 nitrogen and oxygen atoms in total. The van der Waals surface area contributed by atoms with Crippen LogP contribution in [0.25, 0.3) is 0 Å². The molecule has 0 spiro atoms. The summed E-state index contributed by atoms with van der Waals surface area (Å²) in [5.41, 5.74) is 0.496. The Balaban J connectivity index is 1.36. The molecule has 4 N–H and O–H groups in total. The number of hydrogen-bond donors (Lipinski definition) is 3. The van der Waals surface area contributed by atoms with E-state index in [-0.39, 0.29) is 28.8 Å². The molecule has 190 valence electrons. The van der Waals surface area contributed by atoms with Gasteiger partial charge in [-0.15, -0.1) is 11.3 Å². The van der Waals surface area contributed by atoms with Crippen molar-refractivity contribution >= 4 is 44.2 Å². The second-order valence-electron chi connectivity index (χ2n) is 7.70. The van der Waals surface area contributed by atoms with Crippen LogP contribution in [-0.2, 0) is 10.2 Å². The number of benzene rings is 1. The fraction of sp³-hybridized carbons (Fsp3) is 0.286. The monoisotopic (exact) mass is 533 g/mol. The Morgan fingerprint density at radius 1 is 1.17 bits per heavy atom. The van der Waals surface area contributed by atoms with Crippen molar-refractivity contribution in [2.45, 2.75) is 18.9 Å². The van der Waals surface area contributed by atoms with E-state index >= 15 is 0 Å². The number of hydrogen-bond acceptors (Lipinski definition) is 11. The van der Waals surface area contributed by atoms with Crippen molar-refractivity contribution in [3.05, 3.63) is 53.3 Å². The van der Waals surface area contributed by atoms with E-state index in [1.807, 2.05) is 0 Å². The van der Waals surface area contributed by atoms with E-state index in [1.54, 1.807) is 28.6 Å². The van der Waals surface area contributed by atoms with Gasteiger partial charge >= 0.3 is 6.01 Å². The SMILES string of the molecule is COc1cc(C(=O)NS(N)(=O)=O)ccc1NC(=O)c1csc(N2CCC(Oc3ncccn3)CC2)n1. The lowest BCUT2D eigenvalue weighted by atomic mass is 10.1. The number of carbonyl (C=O) groups is 2. The summed E-state index contributed by atoms with van der Waals surface area (Å²) in [6.45, 7) is 1.42. The minimum absolute atomic E-state index is 0.00820. The van der Waals surface area contributed by atoms with Crippen LogP contribution in [0.2, 0.25) is 0 Å². The summed E-state index contributed by atoms with van der Waals surface area (Å²) in [7, 11) is -2.86. The number of piperidine rings is 1. The third-order valence-corrected chi connectivity index (χ3v) is 6.57. The Labute approximate surface area is 210 Å². The number of amides is 2. The van der Waals surface area contributed by atoms with Crippen LogP contribution in [0.4, 0.5) is 10.8 Å². The maximum atomic E-state index is 12.8. The van der Waals surface area contributed by atoms with Crippen LogP contribution in [0.1, 0.15) is 33.7 Å². The normalized spacial score (nSPS) is 14.2. The highest BCUT2D eigenvalue weighted by Crippen LogP contribution is 2.28. The average molecular weight is 534 g/mol. The molecule has 0 radical (unpaired) electrons. The maximum Gasteiger partial charge on any atom is 0.316 e. The highest BCUT2D eigenvalue weighted by Gasteiger charge is 2.24. The van der Waals surface area contributed by atoms with E-state index in [0.29, 0.717) is 19.1 Å². The number of nitrogens with zero attached hydrogens (tertiary/aromatic N) is 4. The van der Waals surface area contributed by atoms with Crippen LogP contribution < -0.4 is 29.6 Å². The fourth-order valence-corrected chi connectivity index (χ4v) is 4.72. The standard InChI is InChI=1S/C21H23N7O6S2/c1-33-17-11-13(18(29)27-36(22,31)32)3-4-15(17)25-19(30)16-12-35-21(26-16)28-9-5-14(6-10-28)34-20-23-7-2-8-24-20/h2-4,7-8,11-12,14H,5-6,9-10H2,1H3,(H,25,30)(H,27,29)(H2,22,31,32). The van der Waals surface area contributed by atoms with Crippen LogP contribution in [-0.4, -0.2) is 61.5 Å². The summed E-state index contributed by atoms with van der Waals surface area (Å²) in [6, 6.07) is 6.13. The van der Waals surface area contributed by atoms with E-state index in [2.05, 4.69) is 25.2 Å². The molecule has 3 heterocycles. The van der Waals surface area contributed by atoms with Gasteiger partial charge < -0.3 is 19.7 Å². The molecule has 2 amide bonds. The molecule has 2 aromatic heterocycles. The molecule has 0 aliphatic carbocycles. The number of thiazole rings is 1. The van der Waals surface area contributed by atoms with Gasteiger partial charge in [0.25, 0.3) is 22.0 Å². The second kappa shape index (κ2) is 10.8. The van der Waals surface area contributed by atoms with Gasteiger partial charge in [-0.05, 0) is 24.3 Å². The van der Waals surface area contributed by atoms with Gasteiger partial charge in [0.1, 0.15) is 17.5 Å². The Morgan fingerprint density at radius 3 is 2.56 bits per heavy atom. The van der Waals surface area contributed by atoms with E-state index in [1.165, 1.54) is 36.6 Å². The van der Waals surface area contributed by atoms with Crippen LogP contribution >= 0.6 is 11.3 Å². The first kappa shape index (κ1) is 25.3. The number of ether oxygens (including phenoxy) is 2. The summed E-state index contributed by atoms with van der Waals surface area (Å²) in [5, 5.41) is 9.90. The fourth-order valence-electron chi connectivity index (χ4n) is 3.48. The topological polar surface area (TPSA) is 179 Å². The van der Waals surface area contributed by atoms with Crippen LogP contribution in [0.5, 0.6) is 11.8 Å². The molecular formula is C21H23N7O6S2. The number of nitrogens with one attached hydrogen (secondary N) is 2. The molecular weight excluding hydrogens is 510 g/mol. The quantitative estimate of drug-likeness (QED) is 0.381. The van der Waals surface area contributed by atoms with Gasteiger partial charge in [-0.3, -0.25) is 9.59 Å². The first-order chi connectivity index (χ1) is 17.2. The van der Waals surface area contributed by atoms with Gasteiger partial charge in [0.15, 0.2) is 5.13 Å². The Hall–Kier alpha value is -3.82. The van der Waals surface area contributed by atoms with E-state index in [0.717, 1.165) is 18.0 Å². The zero-order chi connectivity index (χ0) is 25.7. The summed E-state index contributed by atoms with van der Waals surface area (Å²) in [5.74, 6) is -1.23. The van der Waals surface area contributed by atoms with E-state index in [4.69, 9.17) is 14.6 Å². The summed E-state index contributed by atoms with van der Waals surface area (Å²) >= 11 is 1.36. The number of methoxy groups -OCH3 is 1. The molecule has 0 unspecified atom stereocenters. The van der Waals surface area contributed by atoms with E-state index < -0.39 is 22.0 Å². The predicted molar refractivity (Wildman–Crippen MR) is 132 cm³/mol. The number of aromatic nitrogens is 3. The first-order valence-electron chi connectivity index (χ1n) is 10.7. The predicted octanol–water partition coefficient (Wildman–Crippen LogP) is 1.18. The third-order valence-electron chi connectivity index (χ3n) is 5.20. The van der Waals surface area contributed by atoms with Crippen molar-refractivity contribution in [1.82, 2.24) is 19.7 Å². The second-order valence-corrected chi connectivity index (χ2v) is 9.83. The van der Waals surface area contributed by atoms with Crippen molar-refractivity contribution in [2.75, 3.05) is 30.4 Å². The van der Waals surface area contributed by atoms with Gasteiger partial charge in [-0.2, -0.15) is 8.42 Å². The molecule has 3 aromatic rings. The Morgan fingerprint density at radius 2 is 1.89 bits per heavy atom. The maximum absolute atomic E-state index is 12.8. The highest BCUT2D eigenvalue weighted by atomic mass is 32.2. The Bertz CT molecular complexity index is 1340. The van der Waals surface area contributed by atoms with Crippen molar-refractivity contribution < 1.29 is 27.5 Å². The van der Waals surface area contributed by atoms with Gasteiger partial charge in [-0.1, -0.05) is 0 Å². The average Bonchev–Trinajstić information content (AvgIpc) is 3.35. The molecule has 0 bridgehead atoms. The van der Waals surface area contributed by atoms with Gasteiger partial charge in [0, 0.05) is 49.3 Å². The molecule has 15 heteroatoms. The summed E-state index contributed by atoms with van der Waals surface area (Å²) in [6.07, 6.45) is 4.81. The Kier molecular flexibility index (Phi) is 7.61. The minimum atomic E-state index is -4.21. The molecule has 36 heavy (non-hydrogen) atoms. The smallest absolute Gasteiger partial charge is 0.316 e.